The van der Waals surface area contributed by atoms with Crippen LogP contribution in [0.2, 0.25) is 0 Å². The largest absolute Gasteiger partial charge is 0.361 e. The van der Waals surface area contributed by atoms with E-state index in [1.54, 1.807) is 6.92 Å². The number of amides is 1. The minimum atomic E-state index is 0.157. The Morgan fingerprint density at radius 3 is 2.78 bits per heavy atom. The molecule has 0 spiro atoms. The molecule has 0 aromatic carbocycles. The lowest BCUT2D eigenvalue weighted by molar-refractivity contribution is -0.127. The second-order valence-corrected chi connectivity index (χ2v) is 5.08. The molecule has 1 aliphatic heterocycles. The smallest absolute Gasteiger partial charge is 0.219 e. The van der Waals surface area contributed by atoms with Crippen LogP contribution in [0.15, 0.2) is 4.52 Å². The summed E-state index contributed by atoms with van der Waals surface area (Å²) in [4.78, 5) is 13.2. The Kier molecular flexibility index (Phi) is 3.71. The Morgan fingerprint density at radius 1 is 1.56 bits per heavy atom. The molecule has 2 heterocycles. The first kappa shape index (κ1) is 13.1. The minimum Gasteiger partial charge on any atom is -0.361 e. The van der Waals surface area contributed by atoms with Gasteiger partial charge in [0.25, 0.3) is 0 Å². The zero-order valence-electron chi connectivity index (χ0n) is 11.5. The molecule has 1 N–H and O–H groups in total. The van der Waals surface area contributed by atoms with Crippen molar-refractivity contribution in [2.24, 2.45) is 0 Å². The number of carbonyl (C=O) groups is 1. The summed E-state index contributed by atoms with van der Waals surface area (Å²) in [6.07, 6.45) is 1.01. The van der Waals surface area contributed by atoms with E-state index >= 15 is 0 Å². The lowest BCUT2D eigenvalue weighted by Crippen LogP contribution is -2.35. The molecule has 5 nitrogen and oxygen atoms in total. The third-order valence-corrected chi connectivity index (χ3v) is 3.64. The van der Waals surface area contributed by atoms with Gasteiger partial charge in [-0.3, -0.25) is 4.79 Å². The first-order valence-electron chi connectivity index (χ1n) is 6.43. The molecule has 1 aromatic heterocycles. The van der Waals surface area contributed by atoms with Gasteiger partial charge in [0.1, 0.15) is 5.76 Å². The SMILES string of the molecule is CC(=O)N1CC[C@@H](NC(C)c2c(C)noc2C)C1. The van der Waals surface area contributed by atoms with Crippen molar-refractivity contribution in [1.82, 2.24) is 15.4 Å². The highest BCUT2D eigenvalue weighted by Gasteiger charge is 2.26. The van der Waals surface area contributed by atoms with Crippen LogP contribution in [-0.2, 0) is 4.79 Å². The first-order chi connectivity index (χ1) is 8.49. The fraction of sp³-hybridized carbons (Fsp3) is 0.692. The molecule has 0 saturated carbocycles. The molecule has 2 rings (SSSR count). The number of nitrogens with zero attached hydrogens (tertiary/aromatic N) is 2. The molecule has 1 aromatic rings. The van der Waals surface area contributed by atoms with Crippen LogP contribution in [0.4, 0.5) is 0 Å². The zero-order chi connectivity index (χ0) is 13.3. The average molecular weight is 251 g/mol. The number of aryl methyl sites for hydroxylation is 2. The van der Waals surface area contributed by atoms with Crippen LogP contribution in [0.3, 0.4) is 0 Å². The Hall–Kier alpha value is -1.36. The first-order valence-corrected chi connectivity index (χ1v) is 6.43. The number of hydrogen-bond donors (Lipinski definition) is 1. The van der Waals surface area contributed by atoms with Gasteiger partial charge in [0.05, 0.1) is 5.69 Å². The maximum atomic E-state index is 11.3. The maximum absolute atomic E-state index is 11.3. The van der Waals surface area contributed by atoms with E-state index in [9.17, 15) is 4.79 Å². The molecule has 1 amide bonds. The second kappa shape index (κ2) is 5.10. The van der Waals surface area contributed by atoms with Crippen LogP contribution in [0.1, 0.15) is 43.3 Å². The fourth-order valence-electron chi connectivity index (χ4n) is 2.73. The number of carbonyl (C=O) groups excluding carboxylic acids is 1. The topological polar surface area (TPSA) is 58.4 Å². The van der Waals surface area contributed by atoms with Crippen LogP contribution in [0, 0.1) is 13.8 Å². The molecular weight excluding hydrogens is 230 g/mol. The lowest BCUT2D eigenvalue weighted by atomic mass is 10.1. The third-order valence-electron chi connectivity index (χ3n) is 3.64. The highest BCUT2D eigenvalue weighted by Crippen LogP contribution is 2.22. The number of hydrogen-bond acceptors (Lipinski definition) is 4. The molecule has 18 heavy (non-hydrogen) atoms. The van der Waals surface area contributed by atoms with Gasteiger partial charge in [-0.05, 0) is 27.2 Å². The average Bonchev–Trinajstić information content (AvgIpc) is 2.86. The lowest BCUT2D eigenvalue weighted by Gasteiger charge is -2.20. The Labute approximate surface area is 108 Å². The van der Waals surface area contributed by atoms with Gasteiger partial charge < -0.3 is 14.7 Å². The van der Waals surface area contributed by atoms with E-state index in [1.807, 2.05) is 18.7 Å². The van der Waals surface area contributed by atoms with Gasteiger partial charge in [0.15, 0.2) is 0 Å². The van der Waals surface area contributed by atoms with E-state index < -0.39 is 0 Å². The van der Waals surface area contributed by atoms with Crippen LogP contribution in [0.25, 0.3) is 0 Å². The van der Waals surface area contributed by atoms with Crippen molar-refractivity contribution in [3.63, 3.8) is 0 Å². The van der Waals surface area contributed by atoms with Crippen molar-refractivity contribution in [3.05, 3.63) is 17.0 Å². The van der Waals surface area contributed by atoms with E-state index in [4.69, 9.17) is 4.52 Å². The molecule has 1 saturated heterocycles. The van der Waals surface area contributed by atoms with Gasteiger partial charge in [0, 0.05) is 37.7 Å². The summed E-state index contributed by atoms with van der Waals surface area (Å²) >= 11 is 0. The van der Waals surface area contributed by atoms with E-state index in [-0.39, 0.29) is 11.9 Å². The predicted octanol–water partition coefficient (Wildman–Crippen LogP) is 1.56. The van der Waals surface area contributed by atoms with E-state index in [1.165, 1.54) is 0 Å². The van der Waals surface area contributed by atoms with Gasteiger partial charge >= 0.3 is 0 Å². The molecule has 100 valence electrons. The number of nitrogens with one attached hydrogen (secondary N) is 1. The highest BCUT2D eigenvalue weighted by molar-refractivity contribution is 5.73. The summed E-state index contributed by atoms with van der Waals surface area (Å²) in [5.74, 6) is 1.03. The van der Waals surface area contributed by atoms with Gasteiger partial charge in [-0.25, -0.2) is 0 Å². The van der Waals surface area contributed by atoms with Crippen molar-refractivity contribution in [2.75, 3.05) is 13.1 Å². The van der Waals surface area contributed by atoms with Crippen LogP contribution in [0.5, 0.6) is 0 Å². The summed E-state index contributed by atoms with van der Waals surface area (Å²) in [6.45, 7) is 9.28. The van der Waals surface area contributed by atoms with Gasteiger partial charge in [-0.2, -0.15) is 0 Å². The summed E-state index contributed by atoms with van der Waals surface area (Å²) in [7, 11) is 0. The van der Waals surface area contributed by atoms with Gasteiger partial charge in [-0.1, -0.05) is 5.16 Å². The van der Waals surface area contributed by atoms with Crippen LogP contribution < -0.4 is 5.32 Å². The molecule has 1 fully saturated rings. The predicted molar refractivity (Wildman–Crippen MR) is 68.2 cm³/mol. The molecule has 0 aliphatic carbocycles. The van der Waals surface area contributed by atoms with Crippen LogP contribution >= 0.6 is 0 Å². The Balaban J connectivity index is 1.97. The quantitative estimate of drug-likeness (QED) is 0.885. The van der Waals surface area contributed by atoms with Crippen molar-refractivity contribution >= 4 is 5.91 Å². The van der Waals surface area contributed by atoms with Crippen LogP contribution in [-0.4, -0.2) is 35.1 Å². The maximum Gasteiger partial charge on any atom is 0.219 e. The summed E-state index contributed by atoms with van der Waals surface area (Å²) in [6, 6.07) is 0.561. The highest BCUT2D eigenvalue weighted by atomic mass is 16.5. The molecule has 1 aliphatic rings. The van der Waals surface area contributed by atoms with Crippen molar-refractivity contribution in [1.29, 1.82) is 0 Å². The number of rotatable bonds is 3. The number of aromatic nitrogens is 1. The third kappa shape index (κ3) is 2.56. The molecule has 1 unspecified atom stereocenters. The summed E-state index contributed by atoms with van der Waals surface area (Å²) in [5, 5.41) is 7.53. The zero-order valence-corrected chi connectivity index (χ0v) is 11.5. The Bertz CT molecular complexity index is 422. The normalized spacial score (nSPS) is 21.3. The van der Waals surface area contributed by atoms with E-state index in [0.717, 1.165) is 36.5 Å². The van der Waals surface area contributed by atoms with Gasteiger partial charge in [0.2, 0.25) is 5.91 Å². The van der Waals surface area contributed by atoms with E-state index in [0.29, 0.717) is 6.04 Å². The summed E-state index contributed by atoms with van der Waals surface area (Å²) < 4.78 is 5.19. The number of likely N-dealkylation sites (tertiary alicyclic amines) is 1. The standard InChI is InChI=1S/C13H21N3O2/c1-8(13-9(2)15-18-10(13)3)14-12-5-6-16(7-12)11(4)17/h8,12,14H,5-7H2,1-4H3/t8?,12-/m1/s1. The second-order valence-electron chi connectivity index (χ2n) is 5.08. The summed E-state index contributed by atoms with van der Waals surface area (Å²) in [5.41, 5.74) is 2.07. The van der Waals surface area contributed by atoms with Gasteiger partial charge in [-0.15, -0.1) is 0 Å². The molecule has 2 atom stereocenters. The van der Waals surface area contributed by atoms with Crippen molar-refractivity contribution in [2.45, 2.75) is 46.2 Å². The fourth-order valence-corrected chi connectivity index (χ4v) is 2.73. The van der Waals surface area contributed by atoms with Crippen molar-refractivity contribution < 1.29 is 9.32 Å². The minimum absolute atomic E-state index is 0.157. The van der Waals surface area contributed by atoms with E-state index in [2.05, 4.69) is 17.4 Å². The molecule has 0 radical (unpaired) electrons. The van der Waals surface area contributed by atoms with Crippen molar-refractivity contribution in [3.8, 4) is 0 Å². The molecule has 5 heteroatoms. The molecular formula is C13H21N3O2. The monoisotopic (exact) mass is 251 g/mol. The Morgan fingerprint density at radius 2 is 2.28 bits per heavy atom. The molecule has 0 bridgehead atoms.